The van der Waals surface area contributed by atoms with Gasteiger partial charge in [0, 0.05) is 24.5 Å². The lowest BCUT2D eigenvalue weighted by Gasteiger charge is -2.16. The molecule has 0 amide bonds. The Labute approximate surface area is 82.9 Å². The molecular weight excluding hydrogens is 207 g/mol. The van der Waals surface area contributed by atoms with Crippen molar-refractivity contribution < 1.29 is 14.2 Å². The maximum absolute atomic E-state index is 7.00. The molecule has 1 aliphatic rings. The van der Waals surface area contributed by atoms with Gasteiger partial charge in [0.15, 0.2) is 0 Å². The van der Waals surface area contributed by atoms with Gasteiger partial charge in [0.1, 0.15) is 5.75 Å². The van der Waals surface area contributed by atoms with Gasteiger partial charge in [0.05, 0.1) is 6.61 Å². The molecule has 0 saturated carbocycles. The SMILES string of the molecule is CO.S=[P]1OCc2ccccc2O1. The molecule has 0 aliphatic carbocycles. The second-order valence-corrected chi connectivity index (χ2v) is 3.98. The van der Waals surface area contributed by atoms with Crippen LogP contribution in [0.2, 0.25) is 0 Å². The molecule has 1 radical (unpaired) electrons. The van der Waals surface area contributed by atoms with Gasteiger partial charge in [-0.2, -0.15) is 0 Å². The summed E-state index contributed by atoms with van der Waals surface area (Å²) in [5, 5.41) is 7.00. The molecule has 1 unspecified atom stereocenters. The van der Waals surface area contributed by atoms with Crippen molar-refractivity contribution in [2.75, 3.05) is 7.11 Å². The quantitative estimate of drug-likeness (QED) is 0.674. The lowest BCUT2D eigenvalue weighted by Crippen LogP contribution is -1.98. The molecule has 1 atom stereocenters. The first kappa shape index (κ1) is 10.5. The van der Waals surface area contributed by atoms with E-state index in [0.717, 1.165) is 18.4 Å². The van der Waals surface area contributed by atoms with Crippen LogP contribution in [-0.2, 0) is 22.9 Å². The summed E-state index contributed by atoms with van der Waals surface area (Å²) in [5.74, 6) is 0.875. The van der Waals surface area contributed by atoms with E-state index in [1.165, 1.54) is 0 Å². The van der Waals surface area contributed by atoms with Gasteiger partial charge in [0.2, 0.25) is 0 Å². The summed E-state index contributed by atoms with van der Waals surface area (Å²) in [7, 11) is -0.0949. The van der Waals surface area contributed by atoms with Crippen molar-refractivity contribution in [3.63, 3.8) is 0 Å². The van der Waals surface area contributed by atoms with Gasteiger partial charge in [-0.05, 0) is 6.07 Å². The zero-order valence-corrected chi connectivity index (χ0v) is 8.85. The Morgan fingerprint density at radius 2 is 2.08 bits per heavy atom. The first-order chi connectivity index (χ1) is 6.36. The lowest BCUT2D eigenvalue weighted by atomic mass is 10.2. The summed E-state index contributed by atoms with van der Waals surface area (Å²) in [6.45, 7) is 0.589. The fourth-order valence-corrected chi connectivity index (χ4v) is 1.98. The van der Waals surface area contributed by atoms with E-state index in [0.29, 0.717) is 6.61 Å². The van der Waals surface area contributed by atoms with E-state index in [1.807, 2.05) is 24.3 Å². The minimum Gasteiger partial charge on any atom is -0.417 e. The van der Waals surface area contributed by atoms with Crippen molar-refractivity contribution in [2.24, 2.45) is 0 Å². The number of hydrogen-bond acceptors (Lipinski definition) is 4. The lowest BCUT2D eigenvalue weighted by molar-refractivity contribution is 0.291. The van der Waals surface area contributed by atoms with Crippen LogP contribution >= 0.6 is 7.15 Å². The van der Waals surface area contributed by atoms with Crippen LogP contribution in [0.4, 0.5) is 0 Å². The molecule has 1 aromatic rings. The molecule has 13 heavy (non-hydrogen) atoms. The average Bonchev–Trinajstić information content (AvgIpc) is 2.21. The third-order valence-corrected chi connectivity index (χ3v) is 2.70. The molecule has 1 aromatic carbocycles. The van der Waals surface area contributed by atoms with Crippen molar-refractivity contribution in [1.29, 1.82) is 0 Å². The molecule has 0 aromatic heterocycles. The summed E-state index contributed by atoms with van der Waals surface area (Å²) < 4.78 is 10.5. The Hall–Kier alpha value is -0.540. The van der Waals surface area contributed by atoms with Crippen LogP contribution in [-0.4, -0.2) is 12.2 Å². The molecular formula is C8H10O3PS. The van der Waals surface area contributed by atoms with Crippen LogP contribution in [0.5, 0.6) is 5.75 Å². The molecule has 1 N–H and O–H groups in total. The van der Waals surface area contributed by atoms with Crippen LogP contribution in [0.25, 0.3) is 0 Å². The molecule has 71 valence electrons. The van der Waals surface area contributed by atoms with E-state index in [4.69, 9.17) is 26.0 Å². The molecule has 0 spiro atoms. The standard InChI is InChI=1S/C7H6O2PS.CH4O/c11-10-8-5-6-3-1-2-4-7(6)9-10;1-2/h1-4H,5H2;2H,1H3. The predicted molar refractivity (Wildman–Crippen MR) is 54.3 cm³/mol. The third-order valence-electron chi connectivity index (χ3n) is 1.47. The third kappa shape index (κ3) is 2.71. The predicted octanol–water partition coefficient (Wildman–Crippen LogP) is 1.98. The van der Waals surface area contributed by atoms with E-state index in [9.17, 15) is 0 Å². The average molecular weight is 217 g/mol. The molecule has 0 saturated heterocycles. The molecule has 1 heterocycles. The Bertz CT molecular complexity index is 303. The molecule has 0 fully saturated rings. The molecule has 0 bridgehead atoms. The van der Waals surface area contributed by atoms with E-state index in [1.54, 1.807) is 0 Å². The molecule has 5 heteroatoms. The maximum Gasteiger partial charge on any atom is 0.262 e. The second kappa shape index (κ2) is 5.25. The number of benzene rings is 1. The van der Waals surface area contributed by atoms with Gasteiger partial charge in [0.25, 0.3) is 7.15 Å². The summed E-state index contributed by atoms with van der Waals surface area (Å²) in [6.07, 6.45) is 0. The normalized spacial score (nSPS) is 16.3. The van der Waals surface area contributed by atoms with E-state index >= 15 is 0 Å². The fraction of sp³-hybridized carbons (Fsp3) is 0.250. The fourth-order valence-electron chi connectivity index (χ4n) is 0.941. The van der Waals surface area contributed by atoms with E-state index in [-0.39, 0.29) is 0 Å². The Balaban J connectivity index is 0.000000396. The number of fused-ring (bicyclic) bond motifs is 1. The van der Waals surface area contributed by atoms with Crippen LogP contribution in [0.1, 0.15) is 5.56 Å². The van der Waals surface area contributed by atoms with Gasteiger partial charge in [-0.3, -0.25) is 4.52 Å². The highest BCUT2D eigenvalue weighted by Gasteiger charge is 2.12. The van der Waals surface area contributed by atoms with Crippen LogP contribution in [0, 0.1) is 0 Å². The molecule has 3 nitrogen and oxygen atoms in total. The Morgan fingerprint density at radius 1 is 1.38 bits per heavy atom. The maximum atomic E-state index is 7.00. The Morgan fingerprint density at radius 3 is 2.85 bits per heavy atom. The van der Waals surface area contributed by atoms with Crippen LogP contribution in [0.15, 0.2) is 24.3 Å². The van der Waals surface area contributed by atoms with Gasteiger partial charge in [-0.15, -0.1) is 0 Å². The first-order valence-electron chi connectivity index (χ1n) is 3.67. The van der Waals surface area contributed by atoms with E-state index < -0.39 is 7.15 Å². The van der Waals surface area contributed by atoms with Crippen molar-refractivity contribution in [3.8, 4) is 5.75 Å². The van der Waals surface area contributed by atoms with Crippen LogP contribution < -0.4 is 4.52 Å². The smallest absolute Gasteiger partial charge is 0.262 e. The minimum absolute atomic E-state index is 0.589. The molecule has 1 aliphatic heterocycles. The number of aliphatic hydroxyl groups is 1. The van der Waals surface area contributed by atoms with Crippen LogP contribution in [0.3, 0.4) is 0 Å². The van der Waals surface area contributed by atoms with Gasteiger partial charge in [-0.25, -0.2) is 0 Å². The minimum atomic E-state index is -1.09. The van der Waals surface area contributed by atoms with Gasteiger partial charge in [-0.1, -0.05) is 18.2 Å². The summed E-state index contributed by atoms with van der Waals surface area (Å²) in [6, 6.07) is 7.79. The largest absolute Gasteiger partial charge is 0.417 e. The highest BCUT2D eigenvalue weighted by atomic mass is 32.4. The number of rotatable bonds is 0. The summed E-state index contributed by atoms with van der Waals surface area (Å²) >= 11 is 4.89. The highest BCUT2D eigenvalue weighted by molar-refractivity contribution is 8.00. The number of para-hydroxylation sites is 1. The summed E-state index contributed by atoms with van der Waals surface area (Å²) in [5.41, 5.74) is 1.08. The number of hydrogen-bond donors (Lipinski definition) is 1. The highest BCUT2D eigenvalue weighted by Crippen LogP contribution is 2.37. The monoisotopic (exact) mass is 217 g/mol. The zero-order valence-electron chi connectivity index (χ0n) is 7.14. The van der Waals surface area contributed by atoms with Gasteiger partial charge >= 0.3 is 0 Å². The summed E-state index contributed by atoms with van der Waals surface area (Å²) in [4.78, 5) is 0. The van der Waals surface area contributed by atoms with Crippen molar-refractivity contribution in [2.45, 2.75) is 6.61 Å². The second-order valence-electron chi connectivity index (χ2n) is 2.20. The Kier molecular flexibility index (Phi) is 4.25. The topological polar surface area (TPSA) is 38.7 Å². The van der Waals surface area contributed by atoms with Crippen molar-refractivity contribution >= 4 is 19.0 Å². The number of aliphatic hydroxyl groups excluding tert-OH is 1. The van der Waals surface area contributed by atoms with Gasteiger partial charge < -0.3 is 9.63 Å². The van der Waals surface area contributed by atoms with Crippen molar-refractivity contribution in [3.05, 3.63) is 29.8 Å². The van der Waals surface area contributed by atoms with Crippen molar-refractivity contribution in [1.82, 2.24) is 0 Å². The molecule has 2 rings (SSSR count). The zero-order chi connectivity index (χ0) is 9.68. The first-order valence-corrected chi connectivity index (χ1v) is 5.86. The van der Waals surface area contributed by atoms with E-state index in [2.05, 4.69) is 0 Å².